The molecule has 5 heteroatoms. The van der Waals surface area contributed by atoms with Gasteiger partial charge in [-0.25, -0.2) is 4.79 Å². The molecule has 0 radical (unpaired) electrons. The Labute approximate surface area is 144 Å². The van der Waals surface area contributed by atoms with Crippen molar-refractivity contribution in [1.29, 1.82) is 0 Å². The van der Waals surface area contributed by atoms with Crippen molar-refractivity contribution < 1.29 is 14.3 Å². The summed E-state index contributed by atoms with van der Waals surface area (Å²) in [7, 11) is 0. The van der Waals surface area contributed by atoms with E-state index in [-0.39, 0.29) is 18.5 Å². The number of benzene rings is 1. The number of urea groups is 1. The second kappa shape index (κ2) is 7.69. The highest BCUT2D eigenvalue weighted by atomic mass is 16.5. The molecule has 1 aliphatic heterocycles. The second-order valence-corrected chi connectivity index (χ2v) is 7.14. The first-order valence-electron chi connectivity index (χ1n) is 8.64. The minimum atomic E-state index is -0.398. The fraction of sp³-hybridized carbons (Fsp3) is 0.579. The number of hydrogen-bond donors (Lipinski definition) is 1. The van der Waals surface area contributed by atoms with Gasteiger partial charge in [-0.15, -0.1) is 0 Å². The largest absolute Gasteiger partial charge is 0.492 e. The van der Waals surface area contributed by atoms with E-state index in [0.717, 1.165) is 5.75 Å². The third kappa shape index (κ3) is 4.28. The molecule has 24 heavy (non-hydrogen) atoms. The zero-order chi connectivity index (χ0) is 17.9. The predicted molar refractivity (Wildman–Crippen MR) is 94.3 cm³/mol. The summed E-state index contributed by atoms with van der Waals surface area (Å²) in [4.78, 5) is 25.4. The molecule has 0 aromatic heterocycles. The highest BCUT2D eigenvalue weighted by Gasteiger charge is 2.37. The van der Waals surface area contributed by atoms with Crippen LogP contribution in [-0.2, 0) is 4.79 Å². The summed E-state index contributed by atoms with van der Waals surface area (Å²) in [5.74, 6) is 1.45. The Morgan fingerprint density at radius 2 is 1.92 bits per heavy atom. The van der Waals surface area contributed by atoms with Gasteiger partial charge in [0.1, 0.15) is 18.4 Å². The molecule has 3 amide bonds. The van der Waals surface area contributed by atoms with Crippen molar-refractivity contribution in [2.75, 3.05) is 13.2 Å². The molecule has 1 aromatic carbocycles. The zero-order valence-electron chi connectivity index (χ0n) is 15.3. The third-order valence-corrected chi connectivity index (χ3v) is 4.26. The van der Waals surface area contributed by atoms with Crippen LogP contribution in [0.3, 0.4) is 0 Å². The Bertz CT molecular complexity index is 611. The molecular formula is C19H28N2O3. The Hall–Kier alpha value is -2.04. The lowest BCUT2D eigenvalue weighted by atomic mass is 9.98. The van der Waals surface area contributed by atoms with Crippen LogP contribution in [-0.4, -0.2) is 36.0 Å². The summed E-state index contributed by atoms with van der Waals surface area (Å²) in [6.45, 7) is 11.0. The van der Waals surface area contributed by atoms with Crippen LogP contribution in [0.5, 0.6) is 5.75 Å². The Kier molecular flexibility index (Phi) is 5.86. The molecule has 0 bridgehead atoms. The van der Waals surface area contributed by atoms with Crippen molar-refractivity contribution in [3.8, 4) is 5.75 Å². The van der Waals surface area contributed by atoms with Crippen LogP contribution in [0.1, 0.15) is 51.2 Å². The summed E-state index contributed by atoms with van der Waals surface area (Å²) in [5, 5.41) is 2.74. The van der Waals surface area contributed by atoms with Crippen LogP contribution in [0.2, 0.25) is 0 Å². The molecule has 1 saturated heterocycles. The first-order chi connectivity index (χ1) is 11.3. The van der Waals surface area contributed by atoms with Gasteiger partial charge < -0.3 is 10.1 Å². The third-order valence-electron chi connectivity index (χ3n) is 4.26. The van der Waals surface area contributed by atoms with E-state index in [1.807, 2.05) is 26.0 Å². The average Bonchev–Trinajstić information content (AvgIpc) is 2.73. The minimum absolute atomic E-state index is 0.149. The number of imide groups is 1. The van der Waals surface area contributed by atoms with Gasteiger partial charge in [-0.1, -0.05) is 33.8 Å². The molecule has 1 atom stereocenters. The molecule has 0 spiro atoms. The average molecular weight is 332 g/mol. The molecule has 2 rings (SSSR count). The molecule has 1 aromatic rings. The van der Waals surface area contributed by atoms with E-state index < -0.39 is 6.04 Å². The van der Waals surface area contributed by atoms with Gasteiger partial charge in [0.05, 0.1) is 6.54 Å². The number of nitrogens with zero attached hydrogens (tertiary/aromatic N) is 1. The molecule has 0 aliphatic carbocycles. The van der Waals surface area contributed by atoms with Crippen molar-refractivity contribution in [2.24, 2.45) is 5.92 Å². The van der Waals surface area contributed by atoms with Gasteiger partial charge in [0.25, 0.3) is 5.91 Å². The molecule has 0 saturated carbocycles. The number of carbonyl (C=O) groups excluding carboxylic acids is 2. The zero-order valence-corrected chi connectivity index (χ0v) is 15.3. The number of rotatable bonds is 7. The van der Waals surface area contributed by atoms with E-state index in [0.29, 0.717) is 24.9 Å². The van der Waals surface area contributed by atoms with E-state index in [1.54, 1.807) is 0 Å². The second-order valence-electron chi connectivity index (χ2n) is 7.14. The number of hydrogen-bond acceptors (Lipinski definition) is 3. The van der Waals surface area contributed by atoms with E-state index in [1.165, 1.54) is 16.0 Å². The van der Waals surface area contributed by atoms with Gasteiger partial charge >= 0.3 is 6.03 Å². The van der Waals surface area contributed by atoms with Gasteiger partial charge in [0.2, 0.25) is 0 Å². The van der Waals surface area contributed by atoms with E-state index >= 15 is 0 Å². The fourth-order valence-corrected chi connectivity index (χ4v) is 3.06. The highest BCUT2D eigenvalue weighted by molar-refractivity contribution is 6.04. The van der Waals surface area contributed by atoms with E-state index in [2.05, 4.69) is 32.2 Å². The molecule has 1 unspecified atom stereocenters. The summed E-state index contributed by atoms with van der Waals surface area (Å²) in [6.07, 6.45) is 0.664. The van der Waals surface area contributed by atoms with Crippen LogP contribution in [0, 0.1) is 12.8 Å². The number of carbonyl (C=O) groups is 2. The lowest BCUT2D eigenvalue weighted by Gasteiger charge is -2.15. The molecule has 132 valence electrons. The summed E-state index contributed by atoms with van der Waals surface area (Å²) in [5.41, 5.74) is 2.49. The minimum Gasteiger partial charge on any atom is -0.492 e. The van der Waals surface area contributed by atoms with Crippen molar-refractivity contribution in [2.45, 2.75) is 53.0 Å². The van der Waals surface area contributed by atoms with Crippen LogP contribution in [0.25, 0.3) is 0 Å². The van der Waals surface area contributed by atoms with Gasteiger partial charge in [-0.2, -0.15) is 0 Å². The molecule has 1 heterocycles. The van der Waals surface area contributed by atoms with Crippen LogP contribution in [0.4, 0.5) is 4.79 Å². The lowest BCUT2D eigenvalue weighted by Crippen LogP contribution is -2.35. The smallest absolute Gasteiger partial charge is 0.324 e. The standard InChI is InChI=1S/C19H28N2O3/c1-12(2)10-17-18(22)21(19(23)20-17)8-9-24-15-6-7-16(13(3)4)14(5)11-15/h6-7,11-13,17H,8-10H2,1-5H3,(H,20,23). The van der Waals surface area contributed by atoms with Gasteiger partial charge in [0.15, 0.2) is 0 Å². The van der Waals surface area contributed by atoms with Gasteiger partial charge in [-0.3, -0.25) is 9.69 Å². The Morgan fingerprint density at radius 3 is 2.50 bits per heavy atom. The maximum absolute atomic E-state index is 12.3. The number of amides is 3. The molecule has 1 aliphatic rings. The predicted octanol–water partition coefficient (Wildman–Crippen LogP) is 3.46. The van der Waals surface area contributed by atoms with Crippen molar-refractivity contribution in [3.63, 3.8) is 0 Å². The molecule has 1 N–H and O–H groups in total. The van der Waals surface area contributed by atoms with E-state index in [9.17, 15) is 9.59 Å². The van der Waals surface area contributed by atoms with E-state index in [4.69, 9.17) is 4.74 Å². The Balaban J connectivity index is 1.89. The van der Waals surface area contributed by atoms with Crippen molar-refractivity contribution >= 4 is 11.9 Å². The quantitative estimate of drug-likeness (QED) is 0.778. The molecular weight excluding hydrogens is 304 g/mol. The Morgan fingerprint density at radius 1 is 1.21 bits per heavy atom. The summed E-state index contributed by atoms with van der Waals surface area (Å²) < 4.78 is 5.72. The maximum Gasteiger partial charge on any atom is 0.324 e. The highest BCUT2D eigenvalue weighted by Crippen LogP contribution is 2.23. The maximum atomic E-state index is 12.3. The van der Waals surface area contributed by atoms with Gasteiger partial charge in [0, 0.05) is 0 Å². The van der Waals surface area contributed by atoms with Gasteiger partial charge in [-0.05, 0) is 48.4 Å². The summed E-state index contributed by atoms with van der Waals surface area (Å²) in [6, 6.07) is 5.30. The lowest BCUT2D eigenvalue weighted by molar-refractivity contribution is -0.128. The first kappa shape index (κ1) is 18.3. The summed E-state index contributed by atoms with van der Waals surface area (Å²) >= 11 is 0. The van der Waals surface area contributed by atoms with Crippen molar-refractivity contribution in [3.05, 3.63) is 29.3 Å². The van der Waals surface area contributed by atoms with Crippen LogP contribution in [0.15, 0.2) is 18.2 Å². The molecule has 5 nitrogen and oxygen atoms in total. The monoisotopic (exact) mass is 332 g/mol. The number of ether oxygens (including phenoxy) is 1. The first-order valence-corrected chi connectivity index (χ1v) is 8.64. The topological polar surface area (TPSA) is 58.6 Å². The fourth-order valence-electron chi connectivity index (χ4n) is 3.06. The normalized spacial score (nSPS) is 17.8. The SMILES string of the molecule is Cc1cc(OCCN2C(=O)NC(CC(C)C)C2=O)ccc1C(C)C. The number of aryl methyl sites for hydroxylation is 1. The van der Waals surface area contributed by atoms with Crippen LogP contribution < -0.4 is 10.1 Å². The van der Waals surface area contributed by atoms with Crippen LogP contribution >= 0.6 is 0 Å². The van der Waals surface area contributed by atoms with Crippen molar-refractivity contribution in [1.82, 2.24) is 10.2 Å². The molecule has 1 fully saturated rings. The number of nitrogens with one attached hydrogen (secondary N) is 1.